The molecule has 0 bridgehead atoms. The van der Waals surface area contributed by atoms with Gasteiger partial charge in [-0.15, -0.1) is 0 Å². The van der Waals surface area contributed by atoms with Crippen LogP contribution in [0.15, 0.2) is 24.3 Å². The number of carboxylic acid groups (broad SMARTS) is 2. The lowest BCUT2D eigenvalue weighted by atomic mass is 10.4. The number of aliphatic carboxylic acids is 2. The highest BCUT2D eigenvalue weighted by Crippen LogP contribution is 2.04. The van der Waals surface area contributed by atoms with Gasteiger partial charge in [0.15, 0.2) is 0 Å². The van der Waals surface area contributed by atoms with Crippen molar-refractivity contribution in [1.82, 2.24) is 0 Å². The maximum atomic E-state index is 9.60. The number of carboxylic acids is 2. The number of carbonyl (C=O) groups is 2. The summed E-state index contributed by atoms with van der Waals surface area (Å²) < 4.78 is 9.42. The Kier molecular flexibility index (Phi) is 11.6. The molecule has 0 spiro atoms. The van der Waals surface area contributed by atoms with E-state index < -0.39 is 11.9 Å². The van der Waals surface area contributed by atoms with E-state index in [-0.39, 0.29) is 11.1 Å². The lowest BCUT2D eigenvalue weighted by Crippen LogP contribution is -1.92. The van der Waals surface area contributed by atoms with Gasteiger partial charge in [0, 0.05) is 11.1 Å². The van der Waals surface area contributed by atoms with Gasteiger partial charge >= 0.3 is 11.9 Å². The van der Waals surface area contributed by atoms with Crippen LogP contribution in [0, 0.1) is 0 Å². The minimum absolute atomic E-state index is 0.176. The van der Waals surface area contributed by atoms with Gasteiger partial charge in [0.05, 0.1) is 25.4 Å². The summed E-state index contributed by atoms with van der Waals surface area (Å²) in [5.74, 6) is -1.87. The van der Waals surface area contributed by atoms with Crippen molar-refractivity contribution in [2.24, 2.45) is 0 Å². The van der Waals surface area contributed by atoms with Crippen molar-refractivity contribution in [3.8, 4) is 0 Å². The Hall–Kier alpha value is -1.66. The Bertz CT molecular complexity index is 282. The second-order valence-corrected chi connectivity index (χ2v) is 4.46. The molecule has 0 amide bonds. The molecule has 0 radical (unpaired) electrons. The van der Waals surface area contributed by atoms with Gasteiger partial charge < -0.3 is 19.7 Å². The molecule has 2 aliphatic heterocycles. The number of ether oxygens (including phenoxy) is 2. The van der Waals surface area contributed by atoms with E-state index in [1.54, 1.807) is 0 Å². The highest BCUT2D eigenvalue weighted by molar-refractivity contribution is 5.85. The zero-order valence-corrected chi connectivity index (χ0v) is 12.5. The predicted octanol–water partition coefficient (Wildman–Crippen LogP) is 2.10. The van der Waals surface area contributed by atoms with E-state index in [0.717, 1.165) is 13.2 Å². The molecule has 2 N–H and O–H groups in total. The molecule has 0 aromatic heterocycles. The molecular formula is C14H24O6. The minimum atomic E-state index is -0.935. The topological polar surface area (TPSA) is 99.7 Å². The fourth-order valence-corrected chi connectivity index (χ4v) is 0.192. The standard InChI is InChI=1S/2C4H6O2.2C3H6O/c2*1-3(2)4(5)6;2*1-3-2-4-3/h2*1H2,2H3,(H,5,6);2*3H,2H2,1H3. The van der Waals surface area contributed by atoms with Gasteiger partial charge in [-0.3, -0.25) is 0 Å². The third kappa shape index (κ3) is 25.3. The summed E-state index contributed by atoms with van der Waals surface area (Å²) in [6.45, 7) is 15.3. The molecule has 0 aromatic carbocycles. The Morgan fingerprint density at radius 2 is 1.00 bits per heavy atom. The van der Waals surface area contributed by atoms with Gasteiger partial charge in [0.1, 0.15) is 0 Å². The predicted molar refractivity (Wildman–Crippen MR) is 75.7 cm³/mol. The lowest BCUT2D eigenvalue weighted by Gasteiger charge is -1.79. The molecule has 2 aliphatic rings. The van der Waals surface area contributed by atoms with Crippen molar-refractivity contribution in [2.75, 3.05) is 13.2 Å². The summed E-state index contributed by atoms with van der Waals surface area (Å²) in [6, 6.07) is 0. The van der Waals surface area contributed by atoms with Crippen molar-refractivity contribution < 1.29 is 29.3 Å². The molecule has 6 heteroatoms. The first-order valence-electron chi connectivity index (χ1n) is 6.08. The second-order valence-electron chi connectivity index (χ2n) is 4.46. The van der Waals surface area contributed by atoms with Crippen LogP contribution in [-0.4, -0.2) is 47.6 Å². The van der Waals surface area contributed by atoms with Crippen molar-refractivity contribution in [3.63, 3.8) is 0 Å². The summed E-state index contributed by atoms with van der Waals surface area (Å²) in [6.07, 6.45) is 1.17. The maximum absolute atomic E-state index is 9.60. The quantitative estimate of drug-likeness (QED) is 0.596. The van der Waals surface area contributed by atoms with Crippen molar-refractivity contribution >= 4 is 11.9 Å². The van der Waals surface area contributed by atoms with E-state index in [9.17, 15) is 9.59 Å². The first-order chi connectivity index (χ1) is 9.07. The summed E-state index contributed by atoms with van der Waals surface area (Å²) >= 11 is 0. The molecule has 2 heterocycles. The van der Waals surface area contributed by atoms with E-state index in [4.69, 9.17) is 19.7 Å². The van der Waals surface area contributed by atoms with Crippen LogP contribution in [0.1, 0.15) is 27.7 Å². The van der Waals surface area contributed by atoms with Gasteiger partial charge in [0.2, 0.25) is 0 Å². The molecule has 2 saturated heterocycles. The largest absolute Gasteiger partial charge is 0.478 e. The smallest absolute Gasteiger partial charge is 0.330 e. The zero-order chi connectivity index (χ0) is 16.3. The van der Waals surface area contributed by atoms with Crippen LogP contribution in [-0.2, 0) is 19.1 Å². The summed E-state index contributed by atoms with van der Waals surface area (Å²) in [5, 5.41) is 15.8. The van der Waals surface area contributed by atoms with Crippen molar-refractivity contribution in [2.45, 2.75) is 39.9 Å². The molecule has 2 atom stereocenters. The Labute approximate surface area is 119 Å². The minimum Gasteiger partial charge on any atom is -0.478 e. The normalized spacial score (nSPS) is 20.4. The molecule has 20 heavy (non-hydrogen) atoms. The molecule has 0 aliphatic carbocycles. The fraction of sp³-hybridized carbons (Fsp3) is 0.571. The van der Waals surface area contributed by atoms with Crippen LogP contribution in [0.2, 0.25) is 0 Å². The van der Waals surface area contributed by atoms with Gasteiger partial charge in [0.25, 0.3) is 0 Å². The Morgan fingerprint density at radius 3 is 1.00 bits per heavy atom. The Morgan fingerprint density at radius 1 is 0.900 bits per heavy atom. The SMILES string of the molecule is C=C(C)C(=O)O.C=C(C)C(=O)O.CC1CO1.CC1CO1. The third-order valence-corrected chi connectivity index (χ3v) is 1.73. The number of hydrogen-bond donors (Lipinski definition) is 2. The molecule has 6 nitrogen and oxygen atoms in total. The first-order valence-corrected chi connectivity index (χ1v) is 6.08. The molecule has 0 saturated carbocycles. The monoisotopic (exact) mass is 288 g/mol. The summed E-state index contributed by atoms with van der Waals surface area (Å²) in [4.78, 5) is 19.2. The highest BCUT2D eigenvalue weighted by atomic mass is 16.6. The van der Waals surface area contributed by atoms with Gasteiger partial charge in [-0.2, -0.15) is 0 Å². The van der Waals surface area contributed by atoms with E-state index in [1.165, 1.54) is 13.8 Å². The number of epoxide rings is 2. The lowest BCUT2D eigenvalue weighted by molar-refractivity contribution is -0.133. The van der Waals surface area contributed by atoms with Crippen LogP contribution in [0.25, 0.3) is 0 Å². The molecule has 116 valence electrons. The molecular weight excluding hydrogens is 264 g/mol. The first kappa shape index (κ1) is 20.7. The van der Waals surface area contributed by atoms with E-state index in [2.05, 4.69) is 27.0 Å². The van der Waals surface area contributed by atoms with Gasteiger partial charge in [-0.1, -0.05) is 13.2 Å². The van der Waals surface area contributed by atoms with Crippen molar-refractivity contribution in [3.05, 3.63) is 24.3 Å². The van der Waals surface area contributed by atoms with Gasteiger partial charge in [-0.25, -0.2) is 9.59 Å². The highest BCUT2D eigenvalue weighted by Gasteiger charge is 2.13. The summed E-state index contributed by atoms with van der Waals surface area (Å²) in [5.41, 5.74) is 0.352. The van der Waals surface area contributed by atoms with E-state index >= 15 is 0 Å². The summed E-state index contributed by atoms with van der Waals surface area (Å²) in [7, 11) is 0. The van der Waals surface area contributed by atoms with Crippen LogP contribution >= 0.6 is 0 Å². The zero-order valence-electron chi connectivity index (χ0n) is 12.5. The van der Waals surface area contributed by atoms with E-state index in [0.29, 0.717) is 12.2 Å². The van der Waals surface area contributed by atoms with Crippen LogP contribution in [0.5, 0.6) is 0 Å². The average molecular weight is 288 g/mol. The third-order valence-electron chi connectivity index (χ3n) is 1.73. The number of rotatable bonds is 2. The van der Waals surface area contributed by atoms with E-state index in [1.807, 2.05) is 0 Å². The van der Waals surface area contributed by atoms with Crippen LogP contribution < -0.4 is 0 Å². The Balaban J connectivity index is 0. The van der Waals surface area contributed by atoms with Crippen LogP contribution in [0.3, 0.4) is 0 Å². The maximum Gasteiger partial charge on any atom is 0.330 e. The molecule has 2 fully saturated rings. The molecule has 2 unspecified atom stereocenters. The number of hydrogen-bond acceptors (Lipinski definition) is 4. The second kappa shape index (κ2) is 11.2. The van der Waals surface area contributed by atoms with Crippen LogP contribution in [0.4, 0.5) is 0 Å². The average Bonchev–Trinajstić information content (AvgIpc) is 3.22. The van der Waals surface area contributed by atoms with Crippen molar-refractivity contribution in [1.29, 1.82) is 0 Å². The fourth-order valence-electron chi connectivity index (χ4n) is 0.192. The molecule has 0 aromatic rings. The van der Waals surface area contributed by atoms with Gasteiger partial charge in [-0.05, 0) is 27.7 Å². The molecule has 2 rings (SSSR count).